The van der Waals surface area contributed by atoms with Gasteiger partial charge in [-0.2, -0.15) is 0 Å². The van der Waals surface area contributed by atoms with Crippen LogP contribution in [0.25, 0.3) is 0 Å². The van der Waals surface area contributed by atoms with Gasteiger partial charge in [-0.25, -0.2) is 9.78 Å². The molecule has 1 aliphatic rings. The van der Waals surface area contributed by atoms with Crippen LogP contribution >= 0.6 is 11.3 Å². The van der Waals surface area contributed by atoms with Gasteiger partial charge in [0.05, 0.1) is 12.1 Å². The van der Waals surface area contributed by atoms with Gasteiger partial charge in [0.2, 0.25) is 0 Å². The van der Waals surface area contributed by atoms with Crippen LogP contribution in [0.15, 0.2) is 29.6 Å². The zero-order chi connectivity index (χ0) is 24.2. The fourth-order valence-corrected chi connectivity index (χ4v) is 5.07. The van der Waals surface area contributed by atoms with Gasteiger partial charge >= 0.3 is 12.0 Å². The van der Waals surface area contributed by atoms with Crippen molar-refractivity contribution in [3.63, 3.8) is 0 Å². The number of hydrogen-bond acceptors (Lipinski definition) is 5. The molecule has 8 heteroatoms. The Kier molecular flexibility index (Phi) is 10.7. The number of aromatic nitrogens is 1. The van der Waals surface area contributed by atoms with Crippen molar-refractivity contribution < 1.29 is 14.7 Å². The lowest BCUT2D eigenvalue weighted by molar-refractivity contribution is -0.136. The summed E-state index contributed by atoms with van der Waals surface area (Å²) in [7, 11) is 0. The number of amides is 2. The Hall–Kier alpha value is -2.61. The number of anilines is 2. The summed E-state index contributed by atoms with van der Waals surface area (Å²) in [5, 5.41) is 17.5. The van der Waals surface area contributed by atoms with Gasteiger partial charge in [-0.15, -0.1) is 11.3 Å². The molecule has 186 valence electrons. The number of benzene rings is 1. The minimum Gasteiger partial charge on any atom is -0.481 e. The van der Waals surface area contributed by atoms with Crippen LogP contribution in [0.4, 0.5) is 15.6 Å². The number of unbranched alkanes of at least 4 members (excludes halogenated alkanes) is 5. The number of likely N-dealkylation sites (tertiary alicyclic amines) is 1. The van der Waals surface area contributed by atoms with Crippen molar-refractivity contribution in [1.82, 2.24) is 9.88 Å². The fourth-order valence-electron chi connectivity index (χ4n) is 4.37. The molecule has 0 spiro atoms. The number of carboxylic acid groups (broad SMARTS) is 1. The lowest BCUT2D eigenvalue weighted by atomic mass is 9.96. The molecule has 3 N–H and O–H groups in total. The minimum absolute atomic E-state index is 0.132. The monoisotopic (exact) mass is 486 g/mol. The van der Waals surface area contributed by atoms with Gasteiger partial charge in [0, 0.05) is 30.7 Å². The predicted octanol–water partition coefficient (Wildman–Crippen LogP) is 6.03. The van der Waals surface area contributed by atoms with Gasteiger partial charge in [-0.3, -0.25) is 10.1 Å². The Morgan fingerprint density at radius 3 is 2.62 bits per heavy atom. The zero-order valence-corrected chi connectivity index (χ0v) is 21.0. The highest BCUT2D eigenvalue weighted by Gasteiger charge is 2.23. The Morgan fingerprint density at radius 2 is 1.85 bits per heavy atom. The second-order valence-corrected chi connectivity index (χ2v) is 9.99. The van der Waals surface area contributed by atoms with E-state index in [1.54, 1.807) is 5.38 Å². The van der Waals surface area contributed by atoms with E-state index in [-0.39, 0.29) is 12.5 Å². The molecule has 2 amide bonds. The van der Waals surface area contributed by atoms with Crippen LogP contribution in [0.3, 0.4) is 0 Å². The number of rotatable bonds is 13. The van der Waals surface area contributed by atoms with Crippen molar-refractivity contribution in [3.05, 3.63) is 40.9 Å². The molecular weight excluding hydrogens is 448 g/mol. The summed E-state index contributed by atoms with van der Waals surface area (Å²) in [6.07, 6.45) is 10.8. The summed E-state index contributed by atoms with van der Waals surface area (Å²) in [5.74, 6) is -0.392. The Bertz CT molecular complexity index is 909. The van der Waals surface area contributed by atoms with Crippen molar-refractivity contribution in [2.75, 3.05) is 30.3 Å². The molecule has 1 fully saturated rings. The molecule has 0 saturated carbocycles. The quantitative estimate of drug-likeness (QED) is 0.301. The number of carboxylic acids is 1. The van der Waals surface area contributed by atoms with Gasteiger partial charge in [0.1, 0.15) is 0 Å². The number of hydrogen-bond donors (Lipinski definition) is 3. The number of urea groups is 1. The average molecular weight is 487 g/mol. The Morgan fingerprint density at radius 1 is 1.12 bits per heavy atom. The highest BCUT2D eigenvalue weighted by Crippen LogP contribution is 2.23. The molecule has 2 aromatic rings. The van der Waals surface area contributed by atoms with E-state index in [9.17, 15) is 9.59 Å². The van der Waals surface area contributed by atoms with Gasteiger partial charge in [-0.1, -0.05) is 57.2 Å². The molecule has 3 rings (SSSR count). The van der Waals surface area contributed by atoms with Crippen LogP contribution in [0.1, 0.15) is 69.5 Å². The molecule has 2 heterocycles. The Labute approximate surface area is 207 Å². The third-order valence-electron chi connectivity index (χ3n) is 6.40. The summed E-state index contributed by atoms with van der Waals surface area (Å²) in [6, 6.07) is 8.48. The largest absolute Gasteiger partial charge is 0.481 e. The lowest BCUT2D eigenvalue weighted by Gasteiger charge is -2.32. The minimum atomic E-state index is -0.927. The van der Waals surface area contributed by atoms with Crippen LogP contribution in [-0.2, 0) is 17.6 Å². The first-order valence-electron chi connectivity index (χ1n) is 12.6. The van der Waals surface area contributed by atoms with Crippen molar-refractivity contribution in [2.24, 2.45) is 5.92 Å². The molecular formula is C26H38N4O3S. The number of thiazole rings is 1. The van der Waals surface area contributed by atoms with E-state index in [4.69, 9.17) is 5.11 Å². The molecule has 34 heavy (non-hydrogen) atoms. The van der Waals surface area contributed by atoms with E-state index >= 15 is 0 Å². The molecule has 0 unspecified atom stereocenters. The van der Waals surface area contributed by atoms with E-state index in [1.165, 1.54) is 61.1 Å². The molecule has 0 aliphatic carbocycles. The zero-order valence-electron chi connectivity index (χ0n) is 20.2. The Balaban J connectivity index is 1.38. The summed E-state index contributed by atoms with van der Waals surface area (Å²) < 4.78 is 0. The summed E-state index contributed by atoms with van der Waals surface area (Å²) >= 11 is 1.26. The van der Waals surface area contributed by atoms with E-state index < -0.39 is 5.97 Å². The first kappa shape index (κ1) is 26.0. The second-order valence-electron chi connectivity index (χ2n) is 9.13. The number of carbonyl (C=O) groups is 2. The number of nitrogens with zero attached hydrogens (tertiary/aromatic N) is 2. The molecule has 7 nitrogen and oxygen atoms in total. The van der Waals surface area contributed by atoms with Crippen LogP contribution in [-0.4, -0.2) is 46.6 Å². The number of carbonyl (C=O) groups excluding carboxylic acids is 1. The standard InChI is InChI=1S/C26H38N4O3S/c1-2-3-4-5-6-7-10-21-11-8-9-12-23(21)27-18-20-13-15-30(16-14-20)26(33)29-25-28-22(19-34-25)17-24(31)32/h8-9,11-12,19-20,27H,2-7,10,13-18H2,1H3,(H,31,32)(H,28,29,33). The molecule has 0 radical (unpaired) electrons. The summed E-state index contributed by atoms with van der Waals surface area (Å²) in [4.78, 5) is 29.4. The van der Waals surface area contributed by atoms with Crippen LogP contribution in [0.5, 0.6) is 0 Å². The summed E-state index contributed by atoms with van der Waals surface area (Å²) in [6.45, 7) is 4.60. The molecule has 1 aromatic carbocycles. The summed E-state index contributed by atoms with van der Waals surface area (Å²) in [5.41, 5.74) is 3.12. The van der Waals surface area contributed by atoms with E-state index in [0.29, 0.717) is 29.8 Å². The molecule has 0 atom stereocenters. The van der Waals surface area contributed by atoms with E-state index in [0.717, 1.165) is 25.8 Å². The maximum atomic E-state index is 12.6. The average Bonchev–Trinajstić information content (AvgIpc) is 3.26. The maximum absolute atomic E-state index is 12.6. The number of aliphatic carboxylic acids is 1. The van der Waals surface area contributed by atoms with Crippen molar-refractivity contribution in [3.8, 4) is 0 Å². The molecule has 1 saturated heterocycles. The van der Waals surface area contributed by atoms with E-state index in [2.05, 4.69) is 46.8 Å². The highest BCUT2D eigenvalue weighted by atomic mass is 32.1. The molecule has 0 bridgehead atoms. The lowest BCUT2D eigenvalue weighted by Crippen LogP contribution is -2.42. The van der Waals surface area contributed by atoms with Crippen molar-refractivity contribution in [2.45, 2.75) is 71.1 Å². The topological polar surface area (TPSA) is 94.6 Å². The van der Waals surface area contributed by atoms with Gasteiger partial charge in [0.25, 0.3) is 0 Å². The number of nitrogens with one attached hydrogen (secondary N) is 2. The maximum Gasteiger partial charge on any atom is 0.323 e. The van der Waals surface area contributed by atoms with E-state index in [1.807, 2.05) is 4.90 Å². The first-order chi connectivity index (χ1) is 16.5. The first-order valence-corrected chi connectivity index (χ1v) is 13.5. The second kappa shape index (κ2) is 13.9. The number of para-hydroxylation sites is 1. The predicted molar refractivity (Wildman–Crippen MR) is 139 cm³/mol. The highest BCUT2D eigenvalue weighted by molar-refractivity contribution is 7.13. The van der Waals surface area contributed by atoms with Crippen molar-refractivity contribution in [1.29, 1.82) is 0 Å². The fraction of sp³-hybridized carbons (Fsp3) is 0.577. The van der Waals surface area contributed by atoms with Crippen LogP contribution < -0.4 is 10.6 Å². The van der Waals surface area contributed by atoms with Gasteiger partial charge < -0.3 is 15.3 Å². The third-order valence-corrected chi connectivity index (χ3v) is 7.20. The third kappa shape index (κ3) is 8.63. The van der Waals surface area contributed by atoms with Crippen molar-refractivity contribution >= 4 is 34.2 Å². The number of piperidine rings is 1. The van der Waals surface area contributed by atoms with Crippen LogP contribution in [0.2, 0.25) is 0 Å². The molecule has 1 aliphatic heterocycles. The van der Waals surface area contributed by atoms with Gasteiger partial charge in [-0.05, 0) is 43.2 Å². The molecule has 1 aromatic heterocycles. The number of aryl methyl sites for hydroxylation is 1. The normalized spacial score (nSPS) is 14.2. The van der Waals surface area contributed by atoms with Crippen LogP contribution in [0, 0.1) is 5.92 Å². The SMILES string of the molecule is CCCCCCCCc1ccccc1NCC1CCN(C(=O)Nc2nc(CC(=O)O)cs2)CC1. The van der Waals surface area contributed by atoms with Gasteiger partial charge in [0.15, 0.2) is 5.13 Å². The smallest absolute Gasteiger partial charge is 0.323 e.